The average molecular weight is 500 g/mol. The molecule has 34 heavy (non-hydrogen) atoms. The summed E-state index contributed by atoms with van der Waals surface area (Å²) in [4.78, 5) is 23.7. The highest BCUT2D eigenvalue weighted by Crippen LogP contribution is 2.33. The number of nitrogens with zero attached hydrogens (tertiary/aromatic N) is 3. The van der Waals surface area contributed by atoms with E-state index in [0.29, 0.717) is 22.4 Å². The first-order chi connectivity index (χ1) is 16.6. The van der Waals surface area contributed by atoms with E-state index in [1.165, 1.54) is 17.4 Å². The molecule has 180 valence electrons. The van der Waals surface area contributed by atoms with Gasteiger partial charge in [0.15, 0.2) is 0 Å². The number of aromatic nitrogens is 2. The standard InChI is InChI=1S/C23H24ClN5O2S.C2H6/c1-2-21(30)26-16-5-9-19(10-6-16)32-22-20(24)15-25-23(28-22)27-17-3-7-18(8-4-17)29-11-13-31-14-12-29;1-2/h3-10,15H,2,11-14H2,1H3,(H,26,30)(H,25,27,28);1-2H3. The number of hydrogen-bond acceptors (Lipinski definition) is 7. The first-order valence-corrected chi connectivity index (χ1v) is 12.6. The molecule has 4 rings (SSSR count). The Morgan fingerprint density at radius 3 is 2.35 bits per heavy atom. The highest BCUT2D eigenvalue weighted by atomic mass is 35.5. The minimum absolute atomic E-state index is 0.0158. The maximum absolute atomic E-state index is 11.5. The minimum Gasteiger partial charge on any atom is -0.378 e. The smallest absolute Gasteiger partial charge is 0.228 e. The Labute approximate surface area is 210 Å². The Bertz CT molecular complexity index is 1060. The van der Waals surface area contributed by atoms with Gasteiger partial charge in [-0.2, -0.15) is 0 Å². The molecule has 3 aromatic rings. The monoisotopic (exact) mass is 499 g/mol. The van der Waals surface area contributed by atoms with Crippen molar-refractivity contribution >= 4 is 52.3 Å². The number of carbonyl (C=O) groups is 1. The third kappa shape index (κ3) is 7.35. The second-order valence-electron chi connectivity index (χ2n) is 7.15. The zero-order valence-corrected chi connectivity index (χ0v) is 21.2. The summed E-state index contributed by atoms with van der Waals surface area (Å²) in [6, 6.07) is 15.8. The number of hydrogen-bond donors (Lipinski definition) is 2. The van der Waals surface area contributed by atoms with E-state index in [2.05, 4.69) is 37.6 Å². The van der Waals surface area contributed by atoms with E-state index in [1.54, 1.807) is 6.20 Å². The van der Waals surface area contributed by atoms with E-state index in [0.717, 1.165) is 42.6 Å². The Balaban J connectivity index is 0.00000158. The summed E-state index contributed by atoms with van der Waals surface area (Å²) in [5.74, 6) is 0.459. The largest absolute Gasteiger partial charge is 0.378 e. The number of morpholine rings is 1. The van der Waals surface area contributed by atoms with Crippen LogP contribution in [-0.4, -0.2) is 42.2 Å². The molecular weight excluding hydrogens is 470 g/mol. The van der Waals surface area contributed by atoms with Gasteiger partial charge in [-0.1, -0.05) is 44.1 Å². The molecule has 0 radical (unpaired) electrons. The van der Waals surface area contributed by atoms with Crippen molar-refractivity contribution in [3.8, 4) is 0 Å². The molecule has 2 heterocycles. The molecule has 9 heteroatoms. The first kappa shape index (κ1) is 25.8. The van der Waals surface area contributed by atoms with Gasteiger partial charge in [0.1, 0.15) is 5.03 Å². The van der Waals surface area contributed by atoms with E-state index in [1.807, 2.05) is 57.2 Å². The molecular formula is C25H30ClN5O2S. The lowest BCUT2D eigenvalue weighted by Crippen LogP contribution is -2.36. The summed E-state index contributed by atoms with van der Waals surface area (Å²) in [5.41, 5.74) is 2.83. The molecule has 7 nitrogen and oxygen atoms in total. The topological polar surface area (TPSA) is 79.4 Å². The molecule has 2 aromatic carbocycles. The van der Waals surface area contributed by atoms with Gasteiger partial charge in [0.25, 0.3) is 0 Å². The molecule has 1 aliphatic rings. The normalized spacial score (nSPS) is 13.0. The summed E-state index contributed by atoms with van der Waals surface area (Å²) in [6.07, 6.45) is 2.04. The lowest BCUT2D eigenvalue weighted by Gasteiger charge is -2.28. The summed E-state index contributed by atoms with van der Waals surface area (Å²) in [7, 11) is 0. The van der Waals surface area contributed by atoms with Crippen molar-refractivity contribution in [1.82, 2.24) is 9.97 Å². The lowest BCUT2D eigenvalue weighted by molar-refractivity contribution is -0.115. The third-order valence-electron chi connectivity index (χ3n) is 4.89. The lowest BCUT2D eigenvalue weighted by atomic mass is 10.2. The number of halogens is 1. The fourth-order valence-electron chi connectivity index (χ4n) is 3.16. The van der Waals surface area contributed by atoms with Gasteiger partial charge in [-0.3, -0.25) is 4.79 Å². The van der Waals surface area contributed by atoms with E-state index in [9.17, 15) is 4.79 Å². The van der Waals surface area contributed by atoms with Crippen molar-refractivity contribution in [2.75, 3.05) is 41.8 Å². The molecule has 0 atom stereocenters. The molecule has 1 fully saturated rings. The second-order valence-corrected chi connectivity index (χ2v) is 8.62. The van der Waals surface area contributed by atoms with Gasteiger partial charge in [0.05, 0.1) is 24.4 Å². The van der Waals surface area contributed by atoms with Crippen LogP contribution in [0.25, 0.3) is 0 Å². The molecule has 0 saturated carbocycles. The van der Waals surface area contributed by atoms with E-state index < -0.39 is 0 Å². The van der Waals surface area contributed by atoms with Crippen LogP contribution in [-0.2, 0) is 9.53 Å². The number of anilines is 4. The number of ether oxygens (including phenoxy) is 1. The number of benzene rings is 2. The highest BCUT2D eigenvalue weighted by Gasteiger charge is 2.12. The van der Waals surface area contributed by atoms with Crippen LogP contribution < -0.4 is 15.5 Å². The predicted octanol–water partition coefficient (Wildman–Crippen LogP) is 6.24. The van der Waals surface area contributed by atoms with Crippen molar-refractivity contribution in [3.05, 3.63) is 59.8 Å². The molecule has 0 bridgehead atoms. The predicted molar refractivity (Wildman–Crippen MR) is 141 cm³/mol. The zero-order valence-electron chi connectivity index (χ0n) is 19.7. The molecule has 1 aromatic heterocycles. The molecule has 0 spiro atoms. The number of carbonyl (C=O) groups excluding carboxylic acids is 1. The second kappa shape index (κ2) is 13.2. The Morgan fingerprint density at radius 1 is 1.06 bits per heavy atom. The van der Waals surface area contributed by atoms with Crippen LogP contribution in [0.4, 0.5) is 23.0 Å². The molecule has 2 N–H and O–H groups in total. The zero-order chi connectivity index (χ0) is 24.3. The van der Waals surface area contributed by atoms with Crippen LogP contribution in [0.15, 0.2) is 64.6 Å². The van der Waals surface area contributed by atoms with Crippen LogP contribution in [0.5, 0.6) is 0 Å². The van der Waals surface area contributed by atoms with Gasteiger partial charge in [0, 0.05) is 41.5 Å². The Kier molecular flexibility index (Phi) is 10.00. The Hall–Kier alpha value is -2.81. The van der Waals surface area contributed by atoms with Crippen molar-refractivity contribution in [2.24, 2.45) is 0 Å². The van der Waals surface area contributed by atoms with E-state index in [-0.39, 0.29) is 5.91 Å². The van der Waals surface area contributed by atoms with Gasteiger partial charge in [-0.25, -0.2) is 9.97 Å². The van der Waals surface area contributed by atoms with Gasteiger partial charge < -0.3 is 20.3 Å². The van der Waals surface area contributed by atoms with Crippen LogP contribution >= 0.6 is 23.4 Å². The van der Waals surface area contributed by atoms with E-state index >= 15 is 0 Å². The molecule has 1 amide bonds. The van der Waals surface area contributed by atoms with E-state index in [4.69, 9.17) is 16.3 Å². The van der Waals surface area contributed by atoms with Crippen molar-refractivity contribution in [3.63, 3.8) is 0 Å². The SMILES string of the molecule is CC.CCC(=O)Nc1ccc(Sc2nc(Nc3ccc(N4CCOCC4)cc3)ncc2Cl)cc1. The summed E-state index contributed by atoms with van der Waals surface area (Å²) < 4.78 is 5.41. The maximum atomic E-state index is 11.5. The number of rotatable bonds is 7. The fraction of sp³-hybridized carbons (Fsp3) is 0.320. The molecule has 1 saturated heterocycles. The van der Waals surface area contributed by atoms with Crippen LogP contribution in [0.2, 0.25) is 5.02 Å². The van der Waals surface area contributed by atoms with Crippen molar-refractivity contribution < 1.29 is 9.53 Å². The number of amides is 1. The highest BCUT2D eigenvalue weighted by molar-refractivity contribution is 7.99. The number of nitrogens with one attached hydrogen (secondary N) is 2. The summed E-state index contributed by atoms with van der Waals surface area (Å²) in [6.45, 7) is 9.14. The van der Waals surface area contributed by atoms with Gasteiger partial charge in [-0.05, 0) is 48.5 Å². The molecule has 1 aliphatic heterocycles. The maximum Gasteiger partial charge on any atom is 0.228 e. The van der Waals surface area contributed by atoms with Crippen LogP contribution in [0.1, 0.15) is 27.2 Å². The van der Waals surface area contributed by atoms with Gasteiger partial charge in [-0.15, -0.1) is 0 Å². The van der Waals surface area contributed by atoms with Crippen LogP contribution in [0, 0.1) is 0 Å². The quantitative estimate of drug-likeness (QED) is 0.372. The summed E-state index contributed by atoms with van der Waals surface area (Å²) in [5, 5.41) is 7.21. The van der Waals surface area contributed by atoms with Crippen molar-refractivity contribution in [2.45, 2.75) is 37.1 Å². The average Bonchev–Trinajstić information content (AvgIpc) is 2.89. The van der Waals surface area contributed by atoms with Crippen LogP contribution in [0.3, 0.4) is 0 Å². The van der Waals surface area contributed by atoms with Gasteiger partial charge in [0.2, 0.25) is 11.9 Å². The third-order valence-corrected chi connectivity index (χ3v) is 6.29. The van der Waals surface area contributed by atoms with Gasteiger partial charge >= 0.3 is 0 Å². The summed E-state index contributed by atoms with van der Waals surface area (Å²) >= 11 is 7.77. The fourth-order valence-corrected chi connectivity index (χ4v) is 4.14. The Morgan fingerprint density at radius 2 is 1.71 bits per heavy atom. The van der Waals surface area contributed by atoms with Crippen molar-refractivity contribution in [1.29, 1.82) is 0 Å². The minimum atomic E-state index is -0.0158. The first-order valence-electron chi connectivity index (χ1n) is 11.4. The molecule has 0 unspecified atom stereocenters. The molecule has 0 aliphatic carbocycles.